The van der Waals surface area contributed by atoms with Crippen LogP contribution < -0.4 is 4.72 Å². The summed E-state index contributed by atoms with van der Waals surface area (Å²) in [6.45, 7) is 3.86. The van der Waals surface area contributed by atoms with Crippen LogP contribution in [0.3, 0.4) is 0 Å². The molecule has 0 heterocycles. The molecule has 0 spiro atoms. The molecule has 0 amide bonds. The first kappa shape index (κ1) is 15.2. The van der Waals surface area contributed by atoms with Crippen LogP contribution >= 0.6 is 15.9 Å². The van der Waals surface area contributed by atoms with Crippen LogP contribution in [0.5, 0.6) is 0 Å². The molecule has 0 aliphatic heterocycles. The van der Waals surface area contributed by atoms with Gasteiger partial charge in [-0.2, -0.15) is 4.72 Å². The highest BCUT2D eigenvalue weighted by atomic mass is 79.9. The maximum atomic E-state index is 12.2. The van der Waals surface area contributed by atoms with E-state index in [0.29, 0.717) is 10.9 Å². The minimum Gasteiger partial charge on any atom is -0.207 e. The molecule has 5 heteroatoms. The number of nitrogens with one attached hydrogen (secondary N) is 1. The summed E-state index contributed by atoms with van der Waals surface area (Å²) < 4.78 is 27.4. The van der Waals surface area contributed by atoms with Crippen molar-refractivity contribution in [2.24, 2.45) is 0 Å². The van der Waals surface area contributed by atoms with Crippen LogP contribution in [0.1, 0.15) is 25.3 Å². The third kappa shape index (κ3) is 3.84. The number of hydrogen-bond acceptors (Lipinski definition) is 2. The molecule has 1 aromatic carbocycles. The molecule has 0 saturated carbocycles. The summed E-state index contributed by atoms with van der Waals surface area (Å²) in [5.41, 5.74) is 0.989. The van der Waals surface area contributed by atoms with Crippen molar-refractivity contribution in [1.29, 1.82) is 0 Å². The number of sulfonamides is 1. The Hall–Kier alpha value is -0.830. The summed E-state index contributed by atoms with van der Waals surface area (Å²) in [6, 6.07) is 4.62. The molecule has 0 aliphatic carbocycles. The maximum absolute atomic E-state index is 12.2. The molecular weight excluding hydrogens is 314 g/mol. The van der Waals surface area contributed by atoms with Crippen molar-refractivity contribution in [2.45, 2.75) is 37.6 Å². The van der Waals surface area contributed by atoms with Crippen LogP contribution in [0.15, 0.2) is 27.6 Å². The Labute approximate surface area is 117 Å². The number of benzene rings is 1. The summed E-state index contributed by atoms with van der Waals surface area (Å²) in [7, 11) is -3.58. The summed E-state index contributed by atoms with van der Waals surface area (Å²) in [4.78, 5) is 0.212. The van der Waals surface area contributed by atoms with E-state index in [1.807, 2.05) is 13.8 Å². The average molecular weight is 330 g/mol. The molecular formula is C13H16BrNO2S. The SMILES string of the molecule is C#CC(CCC)NS(=O)(=O)c1ccc(C)cc1Br. The smallest absolute Gasteiger partial charge is 0.207 e. The van der Waals surface area contributed by atoms with Crippen LogP contribution in [0.25, 0.3) is 0 Å². The number of aryl methyl sites for hydroxylation is 1. The molecule has 0 aliphatic rings. The normalized spacial score (nSPS) is 13.0. The largest absolute Gasteiger partial charge is 0.242 e. The Kier molecular flexibility index (Phi) is 5.39. The van der Waals surface area contributed by atoms with E-state index in [1.165, 1.54) is 0 Å². The monoisotopic (exact) mass is 329 g/mol. The third-order valence-corrected chi connectivity index (χ3v) is 4.90. The van der Waals surface area contributed by atoms with Crippen LogP contribution in [0.4, 0.5) is 0 Å². The molecule has 1 N–H and O–H groups in total. The lowest BCUT2D eigenvalue weighted by atomic mass is 10.2. The molecule has 1 rings (SSSR count). The molecule has 0 fully saturated rings. The Balaban J connectivity index is 3.03. The van der Waals surface area contributed by atoms with Gasteiger partial charge in [0.2, 0.25) is 10.0 Å². The number of halogens is 1. The maximum Gasteiger partial charge on any atom is 0.242 e. The Morgan fingerprint density at radius 1 is 1.50 bits per heavy atom. The van der Waals surface area contributed by atoms with Gasteiger partial charge >= 0.3 is 0 Å². The second-order valence-corrected chi connectivity index (χ2v) is 6.60. The van der Waals surface area contributed by atoms with E-state index in [-0.39, 0.29) is 4.90 Å². The quantitative estimate of drug-likeness (QED) is 0.844. The van der Waals surface area contributed by atoms with E-state index in [4.69, 9.17) is 6.42 Å². The van der Waals surface area contributed by atoms with E-state index < -0.39 is 16.1 Å². The lowest BCUT2D eigenvalue weighted by Crippen LogP contribution is -2.33. The zero-order chi connectivity index (χ0) is 13.8. The van der Waals surface area contributed by atoms with Gasteiger partial charge in [-0.3, -0.25) is 0 Å². The second-order valence-electron chi connectivity index (χ2n) is 4.06. The molecule has 0 aromatic heterocycles. The van der Waals surface area contributed by atoms with E-state index in [9.17, 15) is 8.42 Å². The van der Waals surface area contributed by atoms with Gasteiger partial charge in [-0.05, 0) is 47.0 Å². The molecule has 1 atom stereocenters. The predicted molar refractivity (Wildman–Crippen MR) is 76.7 cm³/mol. The Morgan fingerprint density at radius 3 is 2.67 bits per heavy atom. The van der Waals surface area contributed by atoms with Crippen LogP contribution in [-0.2, 0) is 10.0 Å². The summed E-state index contributed by atoms with van der Waals surface area (Å²) >= 11 is 3.26. The first-order valence-electron chi connectivity index (χ1n) is 5.65. The van der Waals surface area contributed by atoms with Crippen LogP contribution in [0.2, 0.25) is 0 Å². The van der Waals surface area contributed by atoms with E-state index >= 15 is 0 Å². The van der Waals surface area contributed by atoms with E-state index in [1.54, 1.807) is 18.2 Å². The lowest BCUT2D eigenvalue weighted by Gasteiger charge is -2.13. The van der Waals surface area contributed by atoms with Gasteiger partial charge in [-0.15, -0.1) is 6.42 Å². The molecule has 0 bridgehead atoms. The van der Waals surface area contributed by atoms with Crippen LogP contribution in [-0.4, -0.2) is 14.5 Å². The fourth-order valence-electron chi connectivity index (χ4n) is 1.54. The minimum atomic E-state index is -3.58. The zero-order valence-corrected chi connectivity index (χ0v) is 12.8. The van der Waals surface area contributed by atoms with Gasteiger partial charge in [0.25, 0.3) is 0 Å². The molecule has 0 radical (unpaired) electrons. The fraction of sp³-hybridized carbons (Fsp3) is 0.385. The van der Waals surface area contributed by atoms with Crippen molar-refractivity contribution < 1.29 is 8.42 Å². The Morgan fingerprint density at radius 2 is 2.17 bits per heavy atom. The predicted octanol–water partition coefficient (Wildman–Crippen LogP) is 2.84. The summed E-state index contributed by atoms with van der Waals surface area (Å²) in [5, 5.41) is 0. The first-order valence-corrected chi connectivity index (χ1v) is 7.93. The molecule has 0 saturated heterocycles. The second kappa shape index (κ2) is 6.37. The number of terminal acetylenes is 1. The van der Waals surface area contributed by atoms with Gasteiger partial charge in [0.1, 0.15) is 0 Å². The van der Waals surface area contributed by atoms with Crippen molar-refractivity contribution in [3.8, 4) is 12.3 Å². The topological polar surface area (TPSA) is 46.2 Å². The van der Waals surface area contributed by atoms with E-state index in [2.05, 4.69) is 26.6 Å². The third-order valence-electron chi connectivity index (χ3n) is 2.45. The van der Waals surface area contributed by atoms with Gasteiger partial charge < -0.3 is 0 Å². The number of hydrogen-bond donors (Lipinski definition) is 1. The summed E-state index contributed by atoms with van der Waals surface area (Å²) in [6.07, 6.45) is 6.77. The zero-order valence-electron chi connectivity index (χ0n) is 10.4. The molecule has 98 valence electrons. The van der Waals surface area contributed by atoms with Crippen molar-refractivity contribution in [3.05, 3.63) is 28.2 Å². The standard InChI is InChI=1S/C13H16BrNO2S/c1-4-6-11(5-2)15-18(16,17)13-8-7-10(3)9-12(13)14/h2,7-9,11,15H,4,6H2,1,3H3. The van der Waals surface area contributed by atoms with Gasteiger partial charge in [0.15, 0.2) is 0 Å². The molecule has 1 aromatic rings. The van der Waals surface area contributed by atoms with Gasteiger partial charge in [-0.25, -0.2) is 8.42 Å². The highest BCUT2D eigenvalue weighted by Gasteiger charge is 2.20. The first-order chi connectivity index (χ1) is 8.40. The van der Waals surface area contributed by atoms with Gasteiger partial charge in [-0.1, -0.05) is 25.3 Å². The van der Waals surface area contributed by atoms with Crippen molar-refractivity contribution >= 4 is 26.0 Å². The van der Waals surface area contributed by atoms with E-state index in [0.717, 1.165) is 12.0 Å². The highest BCUT2D eigenvalue weighted by Crippen LogP contribution is 2.23. The Bertz CT molecular complexity index is 561. The summed E-state index contributed by atoms with van der Waals surface area (Å²) in [5.74, 6) is 2.45. The fourth-order valence-corrected chi connectivity index (χ4v) is 3.92. The van der Waals surface area contributed by atoms with Crippen LogP contribution in [0, 0.1) is 19.3 Å². The number of rotatable bonds is 5. The van der Waals surface area contributed by atoms with Crippen molar-refractivity contribution in [1.82, 2.24) is 4.72 Å². The highest BCUT2D eigenvalue weighted by molar-refractivity contribution is 9.10. The average Bonchev–Trinajstić information content (AvgIpc) is 2.27. The minimum absolute atomic E-state index is 0.212. The lowest BCUT2D eigenvalue weighted by molar-refractivity contribution is 0.564. The molecule has 1 unspecified atom stereocenters. The van der Waals surface area contributed by atoms with Gasteiger partial charge in [0, 0.05) is 4.47 Å². The molecule has 18 heavy (non-hydrogen) atoms. The molecule has 3 nitrogen and oxygen atoms in total. The van der Waals surface area contributed by atoms with Crippen molar-refractivity contribution in [3.63, 3.8) is 0 Å². The van der Waals surface area contributed by atoms with Crippen molar-refractivity contribution in [2.75, 3.05) is 0 Å². The van der Waals surface area contributed by atoms with Gasteiger partial charge in [0.05, 0.1) is 10.9 Å².